The Morgan fingerprint density at radius 1 is 1.14 bits per heavy atom. The van der Waals surface area contributed by atoms with Crippen LogP contribution in [0.15, 0.2) is 31.1 Å². The van der Waals surface area contributed by atoms with Gasteiger partial charge in [0.05, 0.1) is 5.69 Å². The van der Waals surface area contributed by atoms with Gasteiger partial charge < -0.3 is 0 Å². The van der Waals surface area contributed by atoms with Crippen molar-refractivity contribution in [3.05, 3.63) is 48.3 Å². The van der Waals surface area contributed by atoms with Crippen molar-refractivity contribution in [1.82, 2.24) is 34.5 Å². The standard InChI is InChI=1S/C15H19N7/c1-10(2)14-19-15(12(4)21-9-17-8-18-21)22(20-14)13-5-6-16-7-11(13)3/h5-10,12H,1-4H3/t12-/m0/s1. The summed E-state index contributed by atoms with van der Waals surface area (Å²) in [6.07, 6.45) is 6.81. The summed E-state index contributed by atoms with van der Waals surface area (Å²) in [5.41, 5.74) is 2.03. The average molecular weight is 297 g/mol. The number of hydrogen-bond acceptors (Lipinski definition) is 5. The molecule has 0 radical (unpaired) electrons. The second-order valence-electron chi connectivity index (χ2n) is 5.61. The summed E-state index contributed by atoms with van der Waals surface area (Å²) in [5.74, 6) is 1.91. The highest BCUT2D eigenvalue weighted by molar-refractivity contribution is 5.38. The molecule has 0 bridgehead atoms. The number of aryl methyl sites for hydroxylation is 1. The molecule has 3 heterocycles. The Balaban J connectivity index is 2.15. The predicted molar refractivity (Wildman–Crippen MR) is 81.8 cm³/mol. The molecule has 7 nitrogen and oxygen atoms in total. The van der Waals surface area contributed by atoms with Gasteiger partial charge in [0.2, 0.25) is 0 Å². The monoisotopic (exact) mass is 297 g/mol. The van der Waals surface area contributed by atoms with Crippen LogP contribution in [-0.2, 0) is 0 Å². The number of nitrogens with zero attached hydrogens (tertiary/aromatic N) is 7. The fourth-order valence-corrected chi connectivity index (χ4v) is 2.27. The summed E-state index contributed by atoms with van der Waals surface area (Å²) in [6.45, 7) is 8.23. The lowest BCUT2D eigenvalue weighted by Gasteiger charge is -2.13. The van der Waals surface area contributed by atoms with Crippen molar-refractivity contribution in [2.45, 2.75) is 39.7 Å². The van der Waals surface area contributed by atoms with E-state index in [0.717, 1.165) is 22.9 Å². The highest BCUT2D eigenvalue weighted by Crippen LogP contribution is 2.22. The summed E-state index contributed by atoms with van der Waals surface area (Å²) < 4.78 is 3.67. The minimum absolute atomic E-state index is 0.0601. The zero-order valence-corrected chi connectivity index (χ0v) is 13.2. The summed E-state index contributed by atoms with van der Waals surface area (Å²) in [4.78, 5) is 12.9. The molecule has 0 fully saturated rings. The Labute approximate surface area is 129 Å². The van der Waals surface area contributed by atoms with Gasteiger partial charge in [-0.05, 0) is 25.5 Å². The van der Waals surface area contributed by atoms with Crippen LogP contribution in [0, 0.1) is 6.92 Å². The van der Waals surface area contributed by atoms with Crippen LogP contribution < -0.4 is 0 Å². The van der Waals surface area contributed by atoms with Crippen LogP contribution in [0.5, 0.6) is 0 Å². The highest BCUT2D eigenvalue weighted by atomic mass is 15.4. The molecule has 0 saturated heterocycles. The van der Waals surface area contributed by atoms with E-state index in [1.54, 1.807) is 17.2 Å². The zero-order valence-electron chi connectivity index (χ0n) is 13.2. The molecule has 0 aromatic carbocycles. The van der Waals surface area contributed by atoms with Gasteiger partial charge in [-0.1, -0.05) is 13.8 Å². The van der Waals surface area contributed by atoms with Crippen molar-refractivity contribution in [3.63, 3.8) is 0 Å². The lowest BCUT2D eigenvalue weighted by Crippen LogP contribution is -2.14. The molecule has 3 rings (SSSR count). The number of rotatable bonds is 4. The molecule has 3 aromatic rings. The third kappa shape index (κ3) is 2.49. The third-order valence-corrected chi connectivity index (χ3v) is 3.59. The zero-order chi connectivity index (χ0) is 15.7. The Morgan fingerprint density at radius 2 is 1.95 bits per heavy atom. The van der Waals surface area contributed by atoms with E-state index in [1.165, 1.54) is 6.33 Å². The normalized spacial score (nSPS) is 12.8. The molecule has 1 atom stereocenters. The molecular formula is C15H19N7. The maximum absolute atomic E-state index is 4.73. The Hall–Kier alpha value is -2.57. The van der Waals surface area contributed by atoms with Crippen LogP contribution >= 0.6 is 0 Å². The Morgan fingerprint density at radius 3 is 2.59 bits per heavy atom. The number of hydrogen-bond donors (Lipinski definition) is 0. The van der Waals surface area contributed by atoms with Gasteiger partial charge in [0.1, 0.15) is 18.7 Å². The van der Waals surface area contributed by atoms with Gasteiger partial charge in [0, 0.05) is 18.3 Å². The van der Waals surface area contributed by atoms with Crippen LogP contribution in [0.25, 0.3) is 5.69 Å². The minimum atomic E-state index is -0.0601. The average Bonchev–Trinajstić information content (AvgIpc) is 3.17. The van der Waals surface area contributed by atoms with Gasteiger partial charge in [-0.25, -0.2) is 19.3 Å². The second kappa shape index (κ2) is 5.67. The summed E-state index contributed by atoms with van der Waals surface area (Å²) in [6, 6.07) is 1.89. The van der Waals surface area contributed by atoms with E-state index in [1.807, 2.05) is 30.8 Å². The maximum Gasteiger partial charge on any atom is 0.157 e. The molecule has 7 heteroatoms. The lowest BCUT2D eigenvalue weighted by molar-refractivity contribution is 0.521. The van der Waals surface area contributed by atoms with Gasteiger partial charge in [-0.15, -0.1) is 0 Å². The number of pyridine rings is 1. The first-order chi connectivity index (χ1) is 10.6. The highest BCUT2D eigenvalue weighted by Gasteiger charge is 2.21. The molecule has 0 aliphatic rings. The van der Waals surface area contributed by atoms with Gasteiger partial charge in [-0.3, -0.25) is 4.98 Å². The SMILES string of the molecule is Cc1cnccc1-n1nc(C(C)C)nc1[C@H](C)n1cncn1. The molecule has 0 aliphatic heterocycles. The van der Waals surface area contributed by atoms with E-state index in [9.17, 15) is 0 Å². The van der Waals surface area contributed by atoms with Crippen molar-refractivity contribution >= 4 is 0 Å². The number of aromatic nitrogens is 7. The van der Waals surface area contributed by atoms with Crippen LogP contribution in [-0.4, -0.2) is 34.5 Å². The van der Waals surface area contributed by atoms with Crippen molar-refractivity contribution < 1.29 is 0 Å². The maximum atomic E-state index is 4.73. The summed E-state index contributed by atoms with van der Waals surface area (Å²) in [5, 5.41) is 8.90. The fourth-order valence-electron chi connectivity index (χ4n) is 2.27. The lowest BCUT2D eigenvalue weighted by atomic mass is 10.2. The predicted octanol–water partition coefficient (Wildman–Crippen LogP) is 2.29. The summed E-state index contributed by atoms with van der Waals surface area (Å²) in [7, 11) is 0. The van der Waals surface area contributed by atoms with Crippen molar-refractivity contribution in [3.8, 4) is 5.69 Å². The molecule has 0 spiro atoms. The first-order valence-corrected chi connectivity index (χ1v) is 7.30. The molecule has 0 aliphatic carbocycles. The molecule has 22 heavy (non-hydrogen) atoms. The topological polar surface area (TPSA) is 74.3 Å². The quantitative estimate of drug-likeness (QED) is 0.738. The van der Waals surface area contributed by atoms with Crippen molar-refractivity contribution in [2.24, 2.45) is 0 Å². The van der Waals surface area contributed by atoms with E-state index in [2.05, 4.69) is 34.0 Å². The van der Waals surface area contributed by atoms with E-state index < -0.39 is 0 Å². The minimum Gasteiger partial charge on any atom is -0.264 e. The molecule has 0 amide bonds. The van der Waals surface area contributed by atoms with Crippen molar-refractivity contribution in [2.75, 3.05) is 0 Å². The molecule has 0 saturated carbocycles. The first kappa shape index (κ1) is 14.4. The van der Waals surface area contributed by atoms with Crippen molar-refractivity contribution in [1.29, 1.82) is 0 Å². The molecule has 114 valence electrons. The van der Waals surface area contributed by atoms with Gasteiger partial charge in [0.25, 0.3) is 0 Å². The fraction of sp³-hybridized carbons (Fsp3) is 0.400. The van der Waals surface area contributed by atoms with Crippen LogP contribution in [0.4, 0.5) is 0 Å². The van der Waals surface area contributed by atoms with Crippen LogP contribution in [0.3, 0.4) is 0 Å². The Kier molecular flexibility index (Phi) is 3.70. The van der Waals surface area contributed by atoms with E-state index in [0.29, 0.717) is 0 Å². The van der Waals surface area contributed by atoms with Crippen LogP contribution in [0.2, 0.25) is 0 Å². The Bertz CT molecular complexity index is 758. The van der Waals surface area contributed by atoms with Gasteiger partial charge in [-0.2, -0.15) is 10.2 Å². The third-order valence-electron chi connectivity index (χ3n) is 3.59. The smallest absolute Gasteiger partial charge is 0.157 e. The van der Waals surface area contributed by atoms with Gasteiger partial charge >= 0.3 is 0 Å². The molecule has 0 N–H and O–H groups in total. The van der Waals surface area contributed by atoms with E-state index in [-0.39, 0.29) is 12.0 Å². The summed E-state index contributed by atoms with van der Waals surface area (Å²) >= 11 is 0. The van der Waals surface area contributed by atoms with Gasteiger partial charge in [0.15, 0.2) is 11.6 Å². The van der Waals surface area contributed by atoms with Crippen LogP contribution in [0.1, 0.15) is 49.9 Å². The molecule has 3 aromatic heterocycles. The van der Waals surface area contributed by atoms with E-state index in [4.69, 9.17) is 4.98 Å². The largest absolute Gasteiger partial charge is 0.264 e. The first-order valence-electron chi connectivity index (χ1n) is 7.30. The molecular weight excluding hydrogens is 278 g/mol. The second-order valence-corrected chi connectivity index (χ2v) is 5.61. The van der Waals surface area contributed by atoms with E-state index >= 15 is 0 Å². The molecule has 0 unspecified atom stereocenters.